The molecule has 1 aliphatic rings. The minimum absolute atomic E-state index is 0.138. The highest BCUT2D eigenvalue weighted by molar-refractivity contribution is 5.71. The number of carbonyl (C=O) groups is 1. The second-order valence-electron chi connectivity index (χ2n) is 5.84. The molecule has 0 unspecified atom stereocenters. The molecular weight excluding hydrogens is 250 g/mol. The summed E-state index contributed by atoms with van der Waals surface area (Å²) < 4.78 is 4.84. The van der Waals surface area contributed by atoms with Gasteiger partial charge in [0.1, 0.15) is 0 Å². The molecule has 1 aromatic carbocycles. The number of hydrogen-bond donors (Lipinski definition) is 0. The van der Waals surface area contributed by atoms with E-state index >= 15 is 0 Å². The van der Waals surface area contributed by atoms with Crippen LogP contribution in [0, 0.1) is 13.8 Å². The van der Waals surface area contributed by atoms with Gasteiger partial charge in [-0.05, 0) is 43.4 Å². The Morgan fingerprint density at radius 1 is 1.25 bits per heavy atom. The lowest BCUT2D eigenvalue weighted by Gasteiger charge is -2.27. The third-order valence-electron chi connectivity index (χ3n) is 4.36. The van der Waals surface area contributed by atoms with Gasteiger partial charge in [0, 0.05) is 12.6 Å². The molecule has 1 saturated carbocycles. The predicted molar refractivity (Wildman–Crippen MR) is 80.6 cm³/mol. The van der Waals surface area contributed by atoms with Gasteiger partial charge in [-0.1, -0.05) is 31.0 Å². The molecule has 0 aliphatic heterocycles. The molecule has 0 spiro atoms. The van der Waals surface area contributed by atoms with Crippen molar-refractivity contribution in [1.29, 1.82) is 0 Å². The zero-order chi connectivity index (χ0) is 14.5. The van der Waals surface area contributed by atoms with Crippen molar-refractivity contribution < 1.29 is 9.53 Å². The van der Waals surface area contributed by atoms with Crippen LogP contribution in [0.15, 0.2) is 18.2 Å². The fraction of sp³-hybridized carbons (Fsp3) is 0.588. The number of carbonyl (C=O) groups excluding carboxylic acids is 1. The molecule has 1 aromatic rings. The molecule has 3 nitrogen and oxygen atoms in total. The van der Waals surface area contributed by atoms with E-state index in [2.05, 4.69) is 36.9 Å². The van der Waals surface area contributed by atoms with E-state index in [1.807, 2.05) is 0 Å². The van der Waals surface area contributed by atoms with Gasteiger partial charge in [-0.3, -0.25) is 9.69 Å². The fourth-order valence-corrected chi connectivity index (χ4v) is 2.95. The van der Waals surface area contributed by atoms with E-state index in [0.717, 1.165) is 6.54 Å². The standard InChI is InChI=1S/C17H25NO2/c1-13-8-9-15(10-14(13)2)11-18(12-17(19)20-3)16-6-4-5-7-16/h8-10,16H,4-7,11-12H2,1-3H3. The van der Waals surface area contributed by atoms with Gasteiger partial charge >= 0.3 is 5.97 Å². The number of esters is 1. The van der Waals surface area contributed by atoms with Crippen LogP contribution in [0.1, 0.15) is 42.4 Å². The van der Waals surface area contributed by atoms with E-state index in [0.29, 0.717) is 12.6 Å². The molecular formula is C17H25NO2. The average molecular weight is 275 g/mol. The summed E-state index contributed by atoms with van der Waals surface area (Å²) >= 11 is 0. The normalized spacial score (nSPS) is 15.8. The molecule has 110 valence electrons. The third kappa shape index (κ3) is 3.83. The Labute approximate surface area is 121 Å². The molecule has 0 atom stereocenters. The van der Waals surface area contributed by atoms with Gasteiger partial charge < -0.3 is 4.74 Å². The van der Waals surface area contributed by atoms with Crippen LogP contribution in [0.4, 0.5) is 0 Å². The first-order valence-corrected chi connectivity index (χ1v) is 7.47. The van der Waals surface area contributed by atoms with E-state index in [1.165, 1.54) is 49.5 Å². The zero-order valence-corrected chi connectivity index (χ0v) is 12.8. The lowest BCUT2D eigenvalue weighted by atomic mass is 10.1. The number of rotatable bonds is 5. The Kier molecular flexibility index (Phi) is 5.18. The Morgan fingerprint density at radius 2 is 1.95 bits per heavy atom. The molecule has 0 saturated heterocycles. The van der Waals surface area contributed by atoms with Gasteiger partial charge in [-0.25, -0.2) is 0 Å². The highest BCUT2D eigenvalue weighted by atomic mass is 16.5. The molecule has 0 amide bonds. The summed E-state index contributed by atoms with van der Waals surface area (Å²) in [6.45, 7) is 5.50. The molecule has 1 aliphatic carbocycles. The van der Waals surface area contributed by atoms with E-state index in [1.54, 1.807) is 0 Å². The summed E-state index contributed by atoms with van der Waals surface area (Å²) in [4.78, 5) is 13.9. The molecule has 0 bridgehead atoms. The van der Waals surface area contributed by atoms with Crippen molar-refractivity contribution in [2.75, 3.05) is 13.7 Å². The van der Waals surface area contributed by atoms with Crippen molar-refractivity contribution >= 4 is 5.97 Å². The molecule has 2 rings (SSSR count). The maximum absolute atomic E-state index is 11.6. The Hall–Kier alpha value is -1.35. The number of methoxy groups -OCH3 is 1. The zero-order valence-electron chi connectivity index (χ0n) is 12.8. The van der Waals surface area contributed by atoms with Gasteiger partial charge in [0.15, 0.2) is 0 Å². The minimum atomic E-state index is -0.138. The van der Waals surface area contributed by atoms with Crippen LogP contribution in [0.2, 0.25) is 0 Å². The number of benzene rings is 1. The first-order valence-electron chi connectivity index (χ1n) is 7.47. The van der Waals surface area contributed by atoms with Crippen LogP contribution >= 0.6 is 0 Å². The second kappa shape index (κ2) is 6.89. The van der Waals surface area contributed by atoms with Crippen molar-refractivity contribution in [3.8, 4) is 0 Å². The summed E-state index contributed by atoms with van der Waals surface area (Å²) in [5.41, 5.74) is 3.91. The topological polar surface area (TPSA) is 29.5 Å². The molecule has 20 heavy (non-hydrogen) atoms. The monoisotopic (exact) mass is 275 g/mol. The molecule has 0 N–H and O–H groups in total. The van der Waals surface area contributed by atoms with Crippen molar-refractivity contribution in [2.24, 2.45) is 0 Å². The highest BCUT2D eigenvalue weighted by Crippen LogP contribution is 2.25. The summed E-state index contributed by atoms with van der Waals surface area (Å²) in [5.74, 6) is -0.138. The lowest BCUT2D eigenvalue weighted by molar-refractivity contribution is -0.142. The number of aryl methyl sites for hydroxylation is 2. The maximum atomic E-state index is 11.6. The summed E-state index contributed by atoms with van der Waals surface area (Å²) in [6.07, 6.45) is 4.94. The van der Waals surface area contributed by atoms with Crippen LogP contribution in [0.5, 0.6) is 0 Å². The SMILES string of the molecule is COC(=O)CN(Cc1ccc(C)c(C)c1)C1CCCC1. The quantitative estimate of drug-likeness (QED) is 0.773. The van der Waals surface area contributed by atoms with Gasteiger partial charge in [0.05, 0.1) is 13.7 Å². The van der Waals surface area contributed by atoms with Crippen molar-refractivity contribution in [2.45, 2.75) is 52.1 Å². The lowest BCUT2D eigenvalue weighted by Crippen LogP contribution is -2.37. The third-order valence-corrected chi connectivity index (χ3v) is 4.36. The first-order chi connectivity index (χ1) is 9.60. The van der Waals surface area contributed by atoms with Gasteiger partial charge in [0.2, 0.25) is 0 Å². The largest absolute Gasteiger partial charge is 0.468 e. The Balaban J connectivity index is 2.09. The maximum Gasteiger partial charge on any atom is 0.319 e. The smallest absolute Gasteiger partial charge is 0.319 e. The van der Waals surface area contributed by atoms with Gasteiger partial charge in [-0.2, -0.15) is 0 Å². The van der Waals surface area contributed by atoms with Crippen molar-refractivity contribution in [1.82, 2.24) is 4.90 Å². The summed E-state index contributed by atoms with van der Waals surface area (Å²) in [5, 5.41) is 0. The van der Waals surface area contributed by atoms with E-state index in [-0.39, 0.29) is 5.97 Å². The van der Waals surface area contributed by atoms with Gasteiger partial charge in [0.25, 0.3) is 0 Å². The van der Waals surface area contributed by atoms with E-state index in [9.17, 15) is 4.79 Å². The molecule has 0 radical (unpaired) electrons. The summed E-state index contributed by atoms with van der Waals surface area (Å²) in [7, 11) is 1.46. The van der Waals surface area contributed by atoms with E-state index < -0.39 is 0 Å². The van der Waals surface area contributed by atoms with E-state index in [4.69, 9.17) is 4.74 Å². The van der Waals surface area contributed by atoms with Crippen molar-refractivity contribution in [3.05, 3.63) is 34.9 Å². The fourth-order valence-electron chi connectivity index (χ4n) is 2.95. The van der Waals surface area contributed by atoms with Gasteiger partial charge in [-0.15, -0.1) is 0 Å². The minimum Gasteiger partial charge on any atom is -0.468 e. The molecule has 3 heteroatoms. The molecule has 0 heterocycles. The molecule has 1 fully saturated rings. The molecule has 0 aromatic heterocycles. The van der Waals surface area contributed by atoms with Crippen LogP contribution in [-0.2, 0) is 16.1 Å². The first kappa shape index (κ1) is 15.0. The predicted octanol–water partition coefficient (Wildman–Crippen LogP) is 3.22. The van der Waals surface area contributed by atoms with Crippen LogP contribution < -0.4 is 0 Å². The van der Waals surface area contributed by atoms with Crippen LogP contribution in [-0.4, -0.2) is 30.6 Å². The average Bonchev–Trinajstić information content (AvgIpc) is 2.96. The number of nitrogens with zero attached hydrogens (tertiary/aromatic N) is 1. The number of ether oxygens (including phenoxy) is 1. The number of hydrogen-bond acceptors (Lipinski definition) is 3. The van der Waals surface area contributed by atoms with Crippen molar-refractivity contribution in [3.63, 3.8) is 0 Å². The van der Waals surface area contributed by atoms with Crippen LogP contribution in [0.25, 0.3) is 0 Å². The highest BCUT2D eigenvalue weighted by Gasteiger charge is 2.24. The summed E-state index contributed by atoms with van der Waals surface area (Å²) in [6, 6.07) is 7.09. The Bertz CT molecular complexity index is 464. The Morgan fingerprint density at radius 3 is 2.55 bits per heavy atom. The second-order valence-corrected chi connectivity index (χ2v) is 5.84. The van der Waals surface area contributed by atoms with Crippen LogP contribution in [0.3, 0.4) is 0 Å².